The van der Waals surface area contributed by atoms with E-state index in [1.54, 1.807) is 48.5 Å². The van der Waals surface area contributed by atoms with E-state index in [2.05, 4.69) is 18.6 Å². The second-order valence-corrected chi connectivity index (χ2v) is 21.8. The number of Topliss-reactive ketones (excluding diaryl/α,β-unsaturated/α-hetero) is 1. The van der Waals surface area contributed by atoms with Crippen LogP contribution in [0.25, 0.3) is 0 Å². The summed E-state index contributed by atoms with van der Waals surface area (Å²) in [7, 11) is -6.36. The summed E-state index contributed by atoms with van der Waals surface area (Å²) in [5.74, 6) is -2.96. The van der Waals surface area contributed by atoms with Crippen molar-refractivity contribution in [3.8, 4) is 11.5 Å². The minimum absolute atomic E-state index is 0.00808. The van der Waals surface area contributed by atoms with Crippen LogP contribution in [0.5, 0.6) is 11.5 Å². The van der Waals surface area contributed by atoms with E-state index in [0.717, 1.165) is 44.6 Å². The smallest absolute Gasteiger partial charge is 0.449 e. The summed E-state index contributed by atoms with van der Waals surface area (Å²) in [6.45, 7) is 5.88. The third-order valence-corrected chi connectivity index (χ3v) is 14.5. The molecule has 68 heavy (non-hydrogen) atoms. The zero-order valence-electron chi connectivity index (χ0n) is 40.7. The van der Waals surface area contributed by atoms with Crippen LogP contribution >= 0.6 is 0 Å². The van der Waals surface area contributed by atoms with E-state index in [0.29, 0.717) is 35.5 Å². The van der Waals surface area contributed by atoms with Crippen LogP contribution in [0, 0.1) is 0 Å². The van der Waals surface area contributed by atoms with Crippen LogP contribution in [-0.2, 0) is 46.8 Å². The number of ether oxygens (including phenoxy) is 3. The Bertz CT molecular complexity index is 1900. The van der Waals surface area contributed by atoms with Gasteiger partial charge in [-0.05, 0) is 67.2 Å². The van der Waals surface area contributed by atoms with Crippen molar-refractivity contribution in [1.29, 1.82) is 0 Å². The van der Waals surface area contributed by atoms with E-state index in [4.69, 9.17) is 9.47 Å². The lowest BCUT2D eigenvalue weighted by atomic mass is 10.1. The highest BCUT2D eigenvalue weighted by molar-refractivity contribution is 7.91. The molecule has 2 aromatic carbocycles. The molecule has 0 aliphatic carbocycles. The number of benzene rings is 2. The van der Waals surface area contributed by atoms with Crippen molar-refractivity contribution in [3.05, 3.63) is 71.5 Å². The number of sulfone groups is 2. The molecule has 390 valence electrons. The number of carbonyl (C=O) groups excluding carboxylic acids is 2. The first kappa shape index (κ1) is 62.4. The van der Waals surface area contributed by atoms with Crippen LogP contribution in [0.3, 0.4) is 0 Å². The molecule has 0 atom stereocenters. The Kier molecular flexibility index (Phi) is 32.6. The fourth-order valence-electron chi connectivity index (χ4n) is 6.89. The molecule has 0 radical (unpaired) electrons. The van der Waals surface area contributed by atoms with Gasteiger partial charge in [0.05, 0.1) is 23.0 Å². The van der Waals surface area contributed by atoms with E-state index in [1.165, 1.54) is 84.0 Å². The molecule has 0 spiro atoms. The zero-order valence-corrected chi connectivity index (χ0v) is 42.3. The van der Waals surface area contributed by atoms with Crippen molar-refractivity contribution in [2.45, 2.75) is 187 Å². The third kappa shape index (κ3) is 33.0. The van der Waals surface area contributed by atoms with Gasteiger partial charge in [-0.3, -0.25) is 9.59 Å². The molecule has 0 aliphatic heterocycles. The highest BCUT2D eigenvalue weighted by atomic mass is 32.2. The lowest BCUT2D eigenvalue weighted by molar-refractivity contribution is -0.171. The Balaban J connectivity index is 0.000000685. The molecule has 0 amide bonds. The van der Waals surface area contributed by atoms with E-state index in [9.17, 15) is 52.8 Å². The molecule has 17 heteroatoms. The van der Waals surface area contributed by atoms with E-state index < -0.39 is 56.0 Å². The lowest BCUT2D eigenvalue weighted by Gasteiger charge is -2.12. The van der Waals surface area contributed by atoms with Crippen LogP contribution in [0.2, 0.25) is 0 Å². The average molecular weight is 1010 g/mol. The molecule has 0 unspecified atom stereocenters. The molecular formula is C51H78F6O9S2. The van der Waals surface area contributed by atoms with Crippen LogP contribution < -0.4 is 9.47 Å². The second kappa shape index (κ2) is 35.5. The minimum Gasteiger partial charge on any atom is -0.493 e. The topological polar surface area (TPSA) is 130 Å². The van der Waals surface area contributed by atoms with Gasteiger partial charge in [-0.1, -0.05) is 161 Å². The minimum atomic E-state index is -4.80. The van der Waals surface area contributed by atoms with E-state index in [-0.39, 0.29) is 55.5 Å². The number of unbranched alkanes of at least 4 members (excludes halogenated alkanes) is 18. The van der Waals surface area contributed by atoms with Gasteiger partial charge in [0, 0.05) is 12.8 Å². The number of allylic oxidation sites excluding steroid dienone is 2. The molecule has 0 fully saturated rings. The summed E-state index contributed by atoms with van der Waals surface area (Å²) >= 11 is 0. The molecule has 0 heterocycles. The van der Waals surface area contributed by atoms with Crippen LogP contribution in [0.1, 0.15) is 173 Å². The molecule has 0 N–H and O–H groups in total. The quantitative estimate of drug-likeness (QED) is 0.0281. The van der Waals surface area contributed by atoms with Crippen molar-refractivity contribution < 1.29 is 67.0 Å². The van der Waals surface area contributed by atoms with E-state index in [1.807, 2.05) is 0 Å². The van der Waals surface area contributed by atoms with Crippen molar-refractivity contribution in [1.82, 2.24) is 0 Å². The highest BCUT2D eigenvalue weighted by Gasteiger charge is 2.38. The Labute approximate surface area is 403 Å². The van der Waals surface area contributed by atoms with E-state index >= 15 is 0 Å². The molecule has 2 aromatic rings. The van der Waals surface area contributed by atoms with Crippen LogP contribution in [0.4, 0.5) is 26.3 Å². The molecule has 0 aromatic heterocycles. The second-order valence-electron chi connectivity index (χ2n) is 17.2. The number of esters is 1. The number of alkyl halides is 6. The average Bonchev–Trinajstić information content (AvgIpc) is 3.28. The first-order valence-corrected chi connectivity index (χ1v) is 28.3. The molecule has 9 nitrogen and oxygen atoms in total. The SMILES string of the molecule is CCCCCCCCCCCCS(=O)(=O)CCOc1ccc(C/C=C(\OC(=O)CC)C(F)(F)F)cc1.CCCCCCCCCCCCS(=O)(=O)CCOc1ccc(CCC(=O)C(F)(F)F)cc1. The summed E-state index contributed by atoms with van der Waals surface area (Å²) in [5, 5.41) is 0. The Morgan fingerprint density at radius 2 is 0.868 bits per heavy atom. The maximum Gasteiger partial charge on any atom is 0.449 e. The zero-order chi connectivity index (χ0) is 50.7. The summed E-state index contributed by atoms with van der Waals surface area (Å²) < 4.78 is 140. The van der Waals surface area contributed by atoms with Crippen molar-refractivity contribution in [3.63, 3.8) is 0 Å². The number of ketones is 1. The van der Waals surface area contributed by atoms with Crippen LogP contribution in [0.15, 0.2) is 60.4 Å². The predicted molar refractivity (Wildman–Crippen MR) is 258 cm³/mol. The van der Waals surface area contributed by atoms with Crippen molar-refractivity contribution in [2.24, 2.45) is 0 Å². The highest BCUT2D eigenvalue weighted by Crippen LogP contribution is 2.28. The molecule has 0 saturated carbocycles. The largest absolute Gasteiger partial charge is 0.493 e. The Morgan fingerprint density at radius 1 is 0.500 bits per heavy atom. The van der Waals surface area contributed by atoms with Gasteiger partial charge < -0.3 is 14.2 Å². The third-order valence-electron chi connectivity index (χ3n) is 11.1. The first-order valence-electron chi connectivity index (χ1n) is 24.6. The normalized spacial score (nSPS) is 12.3. The molecule has 0 saturated heterocycles. The number of hydrogen-bond donors (Lipinski definition) is 0. The summed E-state index contributed by atoms with van der Waals surface area (Å²) in [4.78, 5) is 22.1. The fraction of sp³-hybridized carbons (Fsp3) is 0.686. The number of rotatable bonds is 37. The predicted octanol–water partition coefficient (Wildman–Crippen LogP) is 13.8. The van der Waals surface area contributed by atoms with Gasteiger partial charge in [-0.15, -0.1) is 0 Å². The van der Waals surface area contributed by atoms with Crippen molar-refractivity contribution in [2.75, 3.05) is 36.2 Å². The van der Waals surface area contributed by atoms with Gasteiger partial charge in [-0.2, -0.15) is 26.3 Å². The standard InChI is InChI=1S/C27H41F3O5S.C24H37F3O4S/c1-3-5-6-7-8-9-10-11-12-13-21-36(32,33)22-20-34-24-17-14-23(15-18-24)16-19-25(27(28,29)30)35-26(31)4-2;1-2-3-4-5-6-7-8-9-10-11-19-32(29,30)20-18-31-22-15-12-21(13-16-22)14-17-23(28)24(25,26)27/h14-15,17-19H,3-13,16,20-22H2,1-2H3;12-13,15-16H,2-11,14,17-20H2,1H3/b25-19-;. The van der Waals surface area contributed by atoms with Gasteiger partial charge in [0.15, 0.2) is 19.7 Å². The lowest BCUT2D eigenvalue weighted by Crippen LogP contribution is -2.22. The van der Waals surface area contributed by atoms with Gasteiger partial charge in [0.25, 0.3) is 0 Å². The van der Waals surface area contributed by atoms with Crippen molar-refractivity contribution >= 4 is 31.4 Å². The van der Waals surface area contributed by atoms with Crippen LogP contribution in [-0.4, -0.2) is 77.2 Å². The maximum absolute atomic E-state index is 13.0. The Hall–Kier alpha value is -3.60. The monoisotopic (exact) mass is 1010 g/mol. The molecule has 0 aliphatic rings. The van der Waals surface area contributed by atoms with Gasteiger partial charge in [-0.25, -0.2) is 16.8 Å². The number of halogens is 6. The number of carbonyl (C=O) groups is 2. The summed E-state index contributed by atoms with van der Waals surface area (Å²) in [6, 6.07) is 12.6. The fourth-order valence-corrected chi connectivity index (χ4v) is 9.26. The van der Waals surface area contributed by atoms with Gasteiger partial charge >= 0.3 is 18.3 Å². The summed E-state index contributed by atoms with van der Waals surface area (Å²) in [6.07, 6.45) is 13.3. The van der Waals surface area contributed by atoms with Gasteiger partial charge in [0.1, 0.15) is 24.7 Å². The first-order chi connectivity index (χ1) is 32.2. The Morgan fingerprint density at radius 3 is 1.22 bits per heavy atom. The molecular weight excluding hydrogens is 935 g/mol. The summed E-state index contributed by atoms with van der Waals surface area (Å²) in [5.41, 5.74) is 1.15. The number of aryl methyl sites for hydroxylation is 1. The molecule has 2 rings (SSSR count). The van der Waals surface area contributed by atoms with Gasteiger partial charge in [0.2, 0.25) is 11.5 Å². The maximum atomic E-state index is 13.0. The number of hydrogen-bond acceptors (Lipinski definition) is 9. The molecule has 0 bridgehead atoms.